The molecule has 276 valence electrons. The van der Waals surface area contributed by atoms with E-state index in [4.69, 9.17) is 8.83 Å². The summed E-state index contributed by atoms with van der Waals surface area (Å²) >= 11 is 0. The van der Waals surface area contributed by atoms with Crippen LogP contribution in [0.1, 0.15) is 76.3 Å². The predicted octanol–water partition coefficient (Wildman–Crippen LogP) is 12.7. The molecule has 1 atom stereocenters. The summed E-state index contributed by atoms with van der Waals surface area (Å²) in [7, 11) is 0. The Kier molecular flexibility index (Phi) is 8.28. The Morgan fingerprint density at radius 1 is 0.375 bits per heavy atom. The van der Waals surface area contributed by atoms with Crippen molar-refractivity contribution in [2.24, 2.45) is 0 Å². The summed E-state index contributed by atoms with van der Waals surface area (Å²) < 4.78 is 12.5. The lowest BCUT2D eigenvalue weighted by molar-refractivity contribution is 0.581. The van der Waals surface area contributed by atoms with Crippen molar-refractivity contribution in [3.05, 3.63) is 167 Å². The smallest absolute Gasteiger partial charge is 0.248 e. The molecule has 0 N–H and O–H groups in total. The molecule has 1 unspecified atom stereocenters. The number of nitrogens with zero attached hydrogens (tertiary/aromatic N) is 4. The van der Waals surface area contributed by atoms with Gasteiger partial charge in [0.2, 0.25) is 23.6 Å². The van der Waals surface area contributed by atoms with E-state index in [0.717, 1.165) is 33.4 Å². The molecule has 0 spiro atoms. The Balaban J connectivity index is 1.05. The average Bonchev–Trinajstić information content (AvgIpc) is 3.96. The van der Waals surface area contributed by atoms with Gasteiger partial charge in [-0.15, -0.1) is 20.4 Å². The van der Waals surface area contributed by atoms with Crippen molar-refractivity contribution in [3.8, 4) is 68.1 Å². The first-order chi connectivity index (χ1) is 26.9. The van der Waals surface area contributed by atoms with Crippen LogP contribution in [-0.2, 0) is 16.2 Å². The number of fused-ring (bicyclic) bond motifs is 3. The van der Waals surface area contributed by atoms with Crippen LogP contribution in [0.5, 0.6) is 0 Å². The van der Waals surface area contributed by atoms with E-state index in [1.165, 1.54) is 38.9 Å². The van der Waals surface area contributed by atoms with E-state index in [1.807, 2.05) is 12.1 Å². The molecule has 1 aliphatic rings. The van der Waals surface area contributed by atoms with E-state index in [0.29, 0.717) is 23.6 Å². The number of benzene rings is 6. The largest absolute Gasteiger partial charge is 0.416 e. The highest BCUT2D eigenvalue weighted by Gasteiger charge is 2.42. The van der Waals surface area contributed by atoms with Crippen LogP contribution in [-0.4, -0.2) is 20.4 Å². The molecule has 6 aromatic carbocycles. The monoisotopic (exact) mass is 732 g/mol. The van der Waals surface area contributed by atoms with Crippen molar-refractivity contribution in [2.45, 2.75) is 64.7 Å². The lowest BCUT2D eigenvalue weighted by Gasteiger charge is -2.31. The van der Waals surface area contributed by atoms with E-state index in [2.05, 4.69) is 196 Å². The van der Waals surface area contributed by atoms with Crippen LogP contribution in [0.3, 0.4) is 0 Å². The minimum absolute atomic E-state index is 0.0645. The highest BCUT2D eigenvalue weighted by atomic mass is 16.4. The van der Waals surface area contributed by atoms with Crippen molar-refractivity contribution in [1.29, 1.82) is 0 Å². The molecule has 0 saturated carbocycles. The van der Waals surface area contributed by atoms with Crippen molar-refractivity contribution in [1.82, 2.24) is 20.4 Å². The number of hydrogen-bond acceptors (Lipinski definition) is 6. The summed E-state index contributed by atoms with van der Waals surface area (Å²) in [5.74, 6) is 2.00. The highest BCUT2D eigenvalue weighted by molar-refractivity contribution is 5.87. The molecule has 0 radical (unpaired) electrons. The van der Waals surface area contributed by atoms with E-state index in [-0.39, 0.29) is 10.8 Å². The molecule has 6 heteroatoms. The predicted molar refractivity (Wildman–Crippen MR) is 224 cm³/mol. The molecule has 0 aliphatic heterocycles. The van der Waals surface area contributed by atoms with Crippen molar-refractivity contribution >= 4 is 0 Å². The second kappa shape index (κ2) is 13.1. The summed E-state index contributed by atoms with van der Waals surface area (Å²) in [6, 6.07) is 49.1. The van der Waals surface area contributed by atoms with Crippen molar-refractivity contribution in [2.75, 3.05) is 0 Å². The van der Waals surface area contributed by atoms with Gasteiger partial charge in [-0.05, 0) is 116 Å². The Morgan fingerprint density at radius 2 is 0.732 bits per heavy atom. The summed E-state index contributed by atoms with van der Waals surface area (Å²) in [6.45, 7) is 15.6. The van der Waals surface area contributed by atoms with Gasteiger partial charge in [0.25, 0.3) is 0 Å². The Bertz CT molecular complexity index is 2710. The van der Waals surface area contributed by atoms with Crippen LogP contribution in [0.2, 0.25) is 0 Å². The first-order valence-electron chi connectivity index (χ1n) is 19.2. The molecule has 2 aromatic heterocycles. The highest BCUT2D eigenvalue weighted by Crippen LogP contribution is 2.55. The third kappa shape index (κ3) is 6.06. The van der Waals surface area contributed by atoms with Gasteiger partial charge in [0.1, 0.15) is 0 Å². The molecule has 8 aromatic rings. The molecular formula is C50H44N4O2. The fourth-order valence-electron chi connectivity index (χ4n) is 8.02. The Hall–Kier alpha value is -6.40. The van der Waals surface area contributed by atoms with Crippen LogP contribution in [0, 0.1) is 0 Å². The third-order valence-electron chi connectivity index (χ3n) is 11.3. The number of hydrogen-bond donors (Lipinski definition) is 0. The molecule has 0 amide bonds. The minimum Gasteiger partial charge on any atom is -0.416 e. The Morgan fingerprint density at radius 3 is 1.21 bits per heavy atom. The first-order valence-corrected chi connectivity index (χ1v) is 19.2. The molecule has 0 bridgehead atoms. The van der Waals surface area contributed by atoms with Gasteiger partial charge in [0.15, 0.2) is 0 Å². The van der Waals surface area contributed by atoms with Crippen LogP contribution < -0.4 is 0 Å². The SMILES string of the molecule is CC(C)(C)c1ccc(-c2nnc(-c3ccc(-c4ccccc4C4(C)c5ccccc5-c5ccc(-c6nnc(-c7ccc(C(C)(C)C)cc7)o6)cc54)cc3)o2)cc1. The molecule has 9 rings (SSSR count). The van der Waals surface area contributed by atoms with E-state index < -0.39 is 5.41 Å². The topological polar surface area (TPSA) is 77.8 Å². The van der Waals surface area contributed by atoms with Gasteiger partial charge in [0.05, 0.1) is 0 Å². The number of rotatable bonds is 6. The average molecular weight is 733 g/mol. The van der Waals surface area contributed by atoms with Gasteiger partial charge in [0, 0.05) is 27.7 Å². The van der Waals surface area contributed by atoms with Gasteiger partial charge >= 0.3 is 0 Å². The summed E-state index contributed by atoms with van der Waals surface area (Å²) in [6.07, 6.45) is 0. The molecule has 1 aliphatic carbocycles. The first kappa shape index (κ1) is 35.3. The maximum atomic E-state index is 6.34. The zero-order chi connectivity index (χ0) is 38.8. The third-order valence-corrected chi connectivity index (χ3v) is 11.3. The van der Waals surface area contributed by atoms with Gasteiger partial charge in [-0.1, -0.05) is 133 Å². The minimum atomic E-state index is -0.466. The van der Waals surface area contributed by atoms with E-state index in [9.17, 15) is 0 Å². The molecule has 0 fully saturated rings. The van der Waals surface area contributed by atoms with Crippen LogP contribution in [0.4, 0.5) is 0 Å². The second-order valence-electron chi connectivity index (χ2n) is 17.0. The summed E-state index contributed by atoms with van der Waals surface area (Å²) in [5.41, 5.74) is 14.1. The zero-order valence-electron chi connectivity index (χ0n) is 32.9. The fourth-order valence-corrected chi connectivity index (χ4v) is 8.02. The lowest BCUT2D eigenvalue weighted by atomic mass is 9.71. The standard InChI is InChI=1S/C50H44N4O2/c1-48(2,3)36-25-20-33(21-26-36)45-52-51-44(55-45)32-18-16-31(17-19-32)38-12-8-10-14-41(38)50(7)42-15-11-9-13-39(42)40-29-24-35(30-43(40)50)47-54-53-46(56-47)34-22-27-37(28-23-34)49(4,5)6/h8-30H,1-7H3. The maximum Gasteiger partial charge on any atom is 0.248 e. The normalized spacial score (nSPS) is 15.1. The zero-order valence-corrected chi connectivity index (χ0v) is 32.9. The van der Waals surface area contributed by atoms with E-state index >= 15 is 0 Å². The van der Waals surface area contributed by atoms with Gasteiger partial charge in [-0.2, -0.15) is 0 Å². The van der Waals surface area contributed by atoms with Crippen LogP contribution in [0.15, 0.2) is 148 Å². The van der Waals surface area contributed by atoms with Gasteiger partial charge in [-0.3, -0.25) is 0 Å². The van der Waals surface area contributed by atoms with Crippen LogP contribution >= 0.6 is 0 Å². The fraction of sp³-hybridized carbons (Fsp3) is 0.200. The molecule has 56 heavy (non-hydrogen) atoms. The van der Waals surface area contributed by atoms with E-state index in [1.54, 1.807) is 0 Å². The van der Waals surface area contributed by atoms with Gasteiger partial charge < -0.3 is 8.83 Å². The van der Waals surface area contributed by atoms with Crippen LogP contribution in [0.25, 0.3) is 68.1 Å². The maximum absolute atomic E-state index is 6.34. The van der Waals surface area contributed by atoms with Crippen molar-refractivity contribution < 1.29 is 8.83 Å². The second-order valence-corrected chi connectivity index (χ2v) is 17.0. The van der Waals surface area contributed by atoms with Gasteiger partial charge in [-0.25, -0.2) is 0 Å². The summed E-state index contributed by atoms with van der Waals surface area (Å²) in [5, 5.41) is 17.8. The summed E-state index contributed by atoms with van der Waals surface area (Å²) in [4.78, 5) is 0. The molecule has 2 heterocycles. The molecular weight excluding hydrogens is 689 g/mol. The molecule has 0 saturated heterocycles. The Labute approximate surface area is 328 Å². The van der Waals surface area contributed by atoms with Crippen molar-refractivity contribution in [3.63, 3.8) is 0 Å². The lowest BCUT2D eigenvalue weighted by Crippen LogP contribution is -2.23. The quantitative estimate of drug-likeness (QED) is 0.169. The number of aromatic nitrogens is 4. The molecule has 6 nitrogen and oxygen atoms in total.